The van der Waals surface area contributed by atoms with Crippen molar-refractivity contribution in [3.63, 3.8) is 0 Å². The van der Waals surface area contributed by atoms with Crippen molar-refractivity contribution in [2.45, 2.75) is 0 Å². The van der Waals surface area contributed by atoms with E-state index in [4.69, 9.17) is 25.9 Å². The van der Waals surface area contributed by atoms with E-state index in [9.17, 15) is 4.79 Å². The summed E-state index contributed by atoms with van der Waals surface area (Å²) in [6.45, 7) is 0.203. The van der Waals surface area contributed by atoms with Crippen LogP contribution in [0.25, 0.3) is 6.08 Å². The van der Waals surface area contributed by atoms with Gasteiger partial charge in [0.15, 0.2) is 11.5 Å². The van der Waals surface area contributed by atoms with Gasteiger partial charge < -0.3 is 14.3 Å². The Hall–Kier alpha value is -2.79. The summed E-state index contributed by atoms with van der Waals surface area (Å²) < 4.78 is 10.6. The Morgan fingerprint density at radius 1 is 1.04 bits per heavy atom. The highest BCUT2D eigenvalue weighted by molar-refractivity contribution is 6.32. The van der Waals surface area contributed by atoms with Gasteiger partial charge in [-0.15, -0.1) is 0 Å². The van der Waals surface area contributed by atoms with E-state index in [1.165, 1.54) is 0 Å². The van der Waals surface area contributed by atoms with Gasteiger partial charge >= 0.3 is 5.97 Å². The van der Waals surface area contributed by atoms with Gasteiger partial charge in [0.05, 0.1) is 5.57 Å². The minimum atomic E-state index is -0.493. The molecule has 2 aromatic carbocycles. The van der Waals surface area contributed by atoms with E-state index in [1.54, 1.807) is 42.5 Å². The summed E-state index contributed by atoms with van der Waals surface area (Å²) in [4.78, 5) is 16.8. The van der Waals surface area contributed by atoms with Crippen molar-refractivity contribution in [3.8, 4) is 11.5 Å². The maximum Gasteiger partial charge on any atom is 0.368 e. The van der Waals surface area contributed by atoms with Gasteiger partial charge in [-0.1, -0.05) is 35.0 Å². The molecular formula is C17H10ClNO4. The third-order valence-electron chi connectivity index (χ3n) is 3.52. The largest absolute Gasteiger partial charge is 0.454 e. The summed E-state index contributed by atoms with van der Waals surface area (Å²) >= 11 is 5.89. The molecule has 0 atom stereocenters. The van der Waals surface area contributed by atoms with Crippen molar-refractivity contribution in [2.75, 3.05) is 6.79 Å². The van der Waals surface area contributed by atoms with Crippen LogP contribution in [0.3, 0.4) is 0 Å². The third kappa shape index (κ3) is 2.55. The average Bonchev–Trinajstić information content (AvgIpc) is 3.16. The van der Waals surface area contributed by atoms with Gasteiger partial charge in [0.25, 0.3) is 0 Å². The second-order valence-electron chi connectivity index (χ2n) is 5.00. The Balaban J connectivity index is 1.72. The lowest BCUT2D eigenvalue weighted by Crippen LogP contribution is -2.06. The fraction of sp³-hybridized carbons (Fsp3) is 0.0588. The quantitative estimate of drug-likeness (QED) is 0.626. The van der Waals surface area contributed by atoms with Gasteiger partial charge in [-0.2, -0.15) is 0 Å². The van der Waals surface area contributed by atoms with Crippen molar-refractivity contribution in [2.24, 2.45) is 5.16 Å². The molecule has 2 aliphatic rings. The van der Waals surface area contributed by atoms with Crippen LogP contribution in [-0.4, -0.2) is 18.5 Å². The number of nitrogens with zero attached hydrogens (tertiary/aromatic N) is 1. The molecule has 2 aliphatic heterocycles. The van der Waals surface area contributed by atoms with E-state index in [-0.39, 0.29) is 6.79 Å². The molecule has 2 heterocycles. The van der Waals surface area contributed by atoms with Crippen molar-refractivity contribution >= 4 is 29.4 Å². The van der Waals surface area contributed by atoms with Crippen molar-refractivity contribution in [1.82, 2.24) is 0 Å². The van der Waals surface area contributed by atoms with E-state index in [2.05, 4.69) is 5.16 Å². The van der Waals surface area contributed by atoms with Gasteiger partial charge in [-0.25, -0.2) is 4.79 Å². The SMILES string of the molecule is O=C1ON=C(c2ccc(Cl)cc2)C1=Cc1ccc2c(c1)OCO2. The van der Waals surface area contributed by atoms with Crippen LogP contribution in [0.5, 0.6) is 11.5 Å². The summed E-state index contributed by atoms with van der Waals surface area (Å²) in [5, 5.41) is 4.48. The van der Waals surface area contributed by atoms with E-state index in [0.717, 1.165) is 11.1 Å². The third-order valence-corrected chi connectivity index (χ3v) is 3.77. The predicted molar refractivity (Wildman–Crippen MR) is 84.6 cm³/mol. The van der Waals surface area contributed by atoms with Gasteiger partial charge in [0, 0.05) is 10.6 Å². The highest BCUT2D eigenvalue weighted by atomic mass is 35.5. The van der Waals surface area contributed by atoms with Crippen molar-refractivity contribution in [3.05, 3.63) is 64.2 Å². The lowest BCUT2D eigenvalue weighted by atomic mass is 10.0. The topological polar surface area (TPSA) is 57.1 Å². The van der Waals surface area contributed by atoms with Crippen LogP contribution in [0, 0.1) is 0 Å². The standard InChI is InChI=1S/C17H10ClNO4/c18-12-4-2-11(3-5-12)16-13(17(20)23-19-16)7-10-1-6-14-15(8-10)22-9-21-14/h1-8H,9H2. The zero-order valence-electron chi connectivity index (χ0n) is 11.8. The van der Waals surface area contributed by atoms with Crippen LogP contribution in [0.15, 0.2) is 53.2 Å². The summed E-state index contributed by atoms with van der Waals surface area (Å²) in [5.74, 6) is 0.844. The first-order chi connectivity index (χ1) is 11.2. The first-order valence-electron chi connectivity index (χ1n) is 6.88. The number of ether oxygens (including phenoxy) is 2. The Morgan fingerprint density at radius 2 is 1.83 bits per heavy atom. The van der Waals surface area contributed by atoms with Gasteiger partial charge in [0.1, 0.15) is 5.71 Å². The molecule has 2 aromatic rings. The minimum Gasteiger partial charge on any atom is -0.454 e. The van der Waals surface area contributed by atoms with E-state index in [1.807, 2.05) is 6.07 Å². The Morgan fingerprint density at radius 3 is 2.65 bits per heavy atom. The van der Waals surface area contributed by atoms with E-state index in [0.29, 0.717) is 27.8 Å². The first-order valence-corrected chi connectivity index (χ1v) is 7.25. The summed E-state index contributed by atoms with van der Waals surface area (Å²) in [5.41, 5.74) is 2.41. The number of fused-ring (bicyclic) bond motifs is 1. The molecule has 0 unspecified atom stereocenters. The highest BCUT2D eigenvalue weighted by Crippen LogP contribution is 2.33. The molecule has 0 spiro atoms. The van der Waals surface area contributed by atoms with Crippen LogP contribution in [-0.2, 0) is 9.63 Å². The molecule has 0 aromatic heterocycles. The van der Waals surface area contributed by atoms with Crippen LogP contribution in [0.4, 0.5) is 0 Å². The predicted octanol–water partition coefficient (Wildman–Crippen LogP) is 3.41. The number of halogens is 1. The highest BCUT2D eigenvalue weighted by Gasteiger charge is 2.27. The number of hydrogen-bond donors (Lipinski definition) is 0. The Labute approximate surface area is 136 Å². The number of hydrogen-bond acceptors (Lipinski definition) is 5. The molecule has 23 heavy (non-hydrogen) atoms. The fourth-order valence-corrected chi connectivity index (χ4v) is 2.52. The molecule has 5 nitrogen and oxygen atoms in total. The molecule has 0 aliphatic carbocycles. The molecule has 0 saturated carbocycles. The smallest absolute Gasteiger partial charge is 0.368 e. The molecular weight excluding hydrogens is 318 g/mol. The van der Waals surface area contributed by atoms with Gasteiger partial charge in [0.2, 0.25) is 6.79 Å². The van der Waals surface area contributed by atoms with Crippen molar-refractivity contribution in [1.29, 1.82) is 0 Å². The Kier molecular flexibility index (Phi) is 3.28. The Bertz CT molecular complexity index is 855. The molecule has 0 radical (unpaired) electrons. The number of carbonyl (C=O) groups excluding carboxylic acids is 1. The molecule has 4 rings (SSSR count). The lowest BCUT2D eigenvalue weighted by Gasteiger charge is -2.02. The molecule has 0 amide bonds. The minimum absolute atomic E-state index is 0.203. The molecule has 0 bridgehead atoms. The number of carbonyl (C=O) groups is 1. The molecule has 0 N–H and O–H groups in total. The second kappa shape index (κ2) is 5.44. The van der Waals surface area contributed by atoms with E-state index < -0.39 is 5.97 Å². The summed E-state index contributed by atoms with van der Waals surface area (Å²) in [7, 11) is 0. The second-order valence-corrected chi connectivity index (χ2v) is 5.43. The fourth-order valence-electron chi connectivity index (χ4n) is 2.39. The zero-order chi connectivity index (χ0) is 15.8. The summed E-state index contributed by atoms with van der Waals surface area (Å²) in [6, 6.07) is 12.5. The maximum absolute atomic E-state index is 12.0. The molecule has 0 fully saturated rings. The van der Waals surface area contributed by atoms with Gasteiger partial charge in [-0.05, 0) is 35.9 Å². The van der Waals surface area contributed by atoms with Crippen molar-refractivity contribution < 1.29 is 19.1 Å². The zero-order valence-corrected chi connectivity index (χ0v) is 12.5. The normalized spacial score (nSPS) is 17.3. The monoisotopic (exact) mass is 327 g/mol. The van der Waals surface area contributed by atoms with Crippen LogP contribution < -0.4 is 9.47 Å². The first kappa shape index (κ1) is 13.8. The number of oxime groups is 1. The molecule has 114 valence electrons. The number of benzene rings is 2. The maximum atomic E-state index is 12.0. The lowest BCUT2D eigenvalue weighted by molar-refractivity contribution is -0.136. The number of rotatable bonds is 2. The average molecular weight is 328 g/mol. The van der Waals surface area contributed by atoms with Crippen LogP contribution in [0.2, 0.25) is 5.02 Å². The van der Waals surface area contributed by atoms with Crippen LogP contribution in [0.1, 0.15) is 11.1 Å². The molecule has 0 saturated heterocycles. The van der Waals surface area contributed by atoms with E-state index >= 15 is 0 Å². The van der Waals surface area contributed by atoms with Gasteiger partial charge in [-0.3, -0.25) is 0 Å². The molecule has 6 heteroatoms. The van der Waals surface area contributed by atoms with Crippen LogP contribution >= 0.6 is 11.6 Å². The summed E-state index contributed by atoms with van der Waals surface area (Å²) in [6.07, 6.45) is 1.71.